The SMILES string of the molecule is O=NC(C(=O)NN1CCOCC1)c1ccccc1. The van der Waals surface area contributed by atoms with Crippen LogP contribution in [0.5, 0.6) is 0 Å². The molecular weight excluding hydrogens is 234 g/mol. The maximum absolute atomic E-state index is 12.0. The van der Waals surface area contributed by atoms with E-state index in [1.54, 1.807) is 29.3 Å². The van der Waals surface area contributed by atoms with Gasteiger partial charge >= 0.3 is 0 Å². The van der Waals surface area contributed by atoms with Crippen LogP contribution >= 0.6 is 0 Å². The Labute approximate surface area is 105 Å². The summed E-state index contributed by atoms with van der Waals surface area (Å²) in [6.45, 7) is 2.38. The maximum Gasteiger partial charge on any atom is 0.267 e. The van der Waals surface area contributed by atoms with Crippen molar-refractivity contribution in [2.45, 2.75) is 6.04 Å². The Balaban J connectivity index is 1.99. The van der Waals surface area contributed by atoms with Crippen molar-refractivity contribution in [2.75, 3.05) is 26.3 Å². The number of ether oxygens (including phenoxy) is 1. The second-order valence-corrected chi connectivity index (χ2v) is 3.99. The highest BCUT2D eigenvalue weighted by Crippen LogP contribution is 2.16. The van der Waals surface area contributed by atoms with Crippen LogP contribution in [0.2, 0.25) is 0 Å². The van der Waals surface area contributed by atoms with Crippen LogP contribution in [0.4, 0.5) is 0 Å². The normalized spacial score (nSPS) is 18.0. The van der Waals surface area contributed by atoms with E-state index in [1.807, 2.05) is 6.07 Å². The van der Waals surface area contributed by atoms with Gasteiger partial charge in [-0.05, 0) is 5.56 Å². The van der Waals surface area contributed by atoms with E-state index in [4.69, 9.17) is 4.74 Å². The first-order chi connectivity index (χ1) is 8.81. The molecule has 0 saturated carbocycles. The lowest BCUT2D eigenvalue weighted by molar-refractivity contribution is -0.129. The molecule has 6 nitrogen and oxygen atoms in total. The van der Waals surface area contributed by atoms with E-state index in [1.165, 1.54) is 0 Å². The van der Waals surface area contributed by atoms with Crippen LogP contribution in [0.1, 0.15) is 11.6 Å². The lowest BCUT2D eigenvalue weighted by Crippen LogP contribution is -2.49. The van der Waals surface area contributed by atoms with Crippen molar-refractivity contribution >= 4 is 5.91 Å². The molecule has 2 rings (SSSR count). The van der Waals surface area contributed by atoms with Gasteiger partial charge in [-0.15, -0.1) is 4.91 Å². The van der Waals surface area contributed by atoms with Crippen molar-refractivity contribution < 1.29 is 9.53 Å². The Kier molecular flexibility index (Phi) is 4.38. The summed E-state index contributed by atoms with van der Waals surface area (Å²) in [7, 11) is 0. The predicted octanol–water partition coefficient (Wildman–Crippen LogP) is 0.857. The van der Waals surface area contributed by atoms with Gasteiger partial charge in [0.25, 0.3) is 5.91 Å². The summed E-state index contributed by atoms with van der Waals surface area (Å²) in [5, 5.41) is 4.65. The summed E-state index contributed by atoms with van der Waals surface area (Å²) in [5.74, 6) is -0.405. The number of rotatable bonds is 4. The van der Waals surface area contributed by atoms with Gasteiger partial charge in [0.05, 0.1) is 13.2 Å². The molecule has 1 atom stereocenters. The maximum atomic E-state index is 12.0. The number of amides is 1. The topological polar surface area (TPSA) is 71.0 Å². The highest BCUT2D eigenvalue weighted by atomic mass is 16.5. The molecule has 0 radical (unpaired) electrons. The molecule has 0 spiro atoms. The van der Waals surface area contributed by atoms with Gasteiger partial charge in [0.2, 0.25) is 0 Å². The van der Waals surface area contributed by atoms with E-state index >= 15 is 0 Å². The van der Waals surface area contributed by atoms with Crippen molar-refractivity contribution in [2.24, 2.45) is 5.18 Å². The van der Waals surface area contributed by atoms with Gasteiger partial charge in [-0.1, -0.05) is 35.5 Å². The van der Waals surface area contributed by atoms with Gasteiger partial charge in [0, 0.05) is 13.1 Å². The molecule has 0 aromatic heterocycles. The smallest absolute Gasteiger partial charge is 0.267 e. The van der Waals surface area contributed by atoms with E-state index in [0.29, 0.717) is 31.9 Å². The Morgan fingerprint density at radius 1 is 1.28 bits per heavy atom. The fourth-order valence-electron chi connectivity index (χ4n) is 1.79. The van der Waals surface area contributed by atoms with E-state index < -0.39 is 11.9 Å². The number of hydrogen-bond acceptors (Lipinski definition) is 5. The van der Waals surface area contributed by atoms with Crippen LogP contribution in [0.3, 0.4) is 0 Å². The highest BCUT2D eigenvalue weighted by Gasteiger charge is 2.23. The summed E-state index contributed by atoms with van der Waals surface area (Å²) in [6, 6.07) is 7.79. The van der Waals surface area contributed by atoms with Gasteiger partial charge in [0.1, 0.15) is 0 Å². The molecular formula is C12H15N3O3. The van der Waals surface area contributed by atoms with Gasteiger partial charge in [-0.3, -0.25) is 10.2 Å². The number of carbonyl (C=O) groups is 1. The predicted molar refractivity (Wildman–Crippen MR) is 65.5 cm³/mol. The van der Waals surface area contributed by atoms with Gasteiger partial charge in [-0.2, -0.15) is 0 Å². The van der Waals surface area contributed by atoms with E-state index in [9.17, 15) is 9.70 Å². The van der Waals surface area contributed by atoms with Gasteiger partial charge in [-0.25, -0.2) is 5.01 Å². The number of hydrazine groups is 1. The van der Waals surface area contributed by atoms with Gasteiger partial charge < -0.3 is 4.74 Å². The van der Waals surface area contributed by atoms with Gasteiger partial charge in [0.15, 0.2) is 6.04 Å². The molecule has 96 valence electrons. The van der Waals surface area contributed by atoms with Crippen molar-refractivity contribution in [3.8, 4) is 0 Å². The molecule has 1 saturated heterocycles. The van der Waals surface area contributed by atoms with Crippen LogP contribution in [0.25, 0.3) is 0 Å². The second kappa shape index (κ2) is 6.23. The number of nitrogens with one attached hydrogen (secondary N) is 1. The summed E-state index contributed by atoms with van der Waals surface area (Å²) in [5.41, 5.74) is 3.28. The fourth-order valence-corrected chi connectivity index (χ4v) is 1.79. The third-order valence-electron chi connectivity index (χ3n) is 2.75. The molecule has 18 heavy (non-hydrogen) atoms. The van der Waals surface area contributed by atoms with Crippen LogP contribution in [0, 0.1) is 4.91 Å². The minimum absolute atomic E-state index is 0.405. The number of morpholine rings is 1. The minimum Gasteiger partial charge on any atom is -0.379 e. The third-order valence-corrected chi connectivity index (χ3v) is 2.75. The van der Waals surface area contributed by atoms with Crippen molar-refractivity contribution in [3.63, 3.8) is 0 Å². The first-order valence-electron chi connectivity index (χ1n) is 5.82. The Bertz CT molecular complexity index is 404. The lowest BCUT2D eigenvalue weighted by atomic mass is 10.1. The third kappa shape index (κ3) is 3.12. The molecule has 1 N–H and O–H groups in total. The molecule has 1 aliphatic rings. The molecule has 0 aliphatic carbocycles. The fraction of sp³-hybridized carbons (Fsp3) is 0.417. The zero-order valence-electron chi connectivity index (χ0n) is 9.91. The average molecular weight is 249 g/mol. The largest absolute Gasteiger partial charge is 0.379 e. The van der Waals surface area contributed by atoms with Crippen LogP contribution in [-0.4, -0.2) is 37.2 Å². The molecule has 1 aromatic rings. The Morgan fingerprint density at radius 2 is 1.94 bits per heavy atom. The quantitative estimate of drug-likeness (QED) is 0.803. The Morgan fingerprint density at radius 3 is 2.56 bits per heavy atom. The summed E-state index contributed by atoms with van der Waals surface area (Å²) in [6.07, 6.45) is 0. The molecule has 6 heteroatoms. The summed E-state index contributed by atoms with van der Waals surface area (Å²) >= 11 is 0. The standard InChI is InChI=1S/C12H15N3O3/c16-12(13-15-6-8-18-9-7-15)11(14-17)10-4-2-1-3-5-10/h1-5,11H,6-9H2,(H,13,16). The zero-order chi connectivity index (χ0) is 12.8. The molecule has 1 aromatic carbocycles. The monoisotopic (exact) mass is 249 g/mol. The summed E-state index contributed by atoms with van der Waals surface area (Å²) in [4.78, 5) is 22.8. The summed E-state index contributed by atoms with van der Waals surface area (Å²) < 4.78 is 5.17. The average Bonchev–Trinajstić information content (AvgIpc) is 2.42. The van der Waals surface area contributed by atoms with Crippen LogP contribution in [0.15, 0.2) is 35.5 Å². The molecule has 1 aliphatic heterocycles. The second-order valence-electron chi connectivity index (χ2n) is 3.99. The van der Waals surface area contributed by atoms with Crippen molar-refractivity contribution in [3.05, 3.63) is 40.8 Å². The van der Waals surface area contributed by atoms with Crippen LogP contribution < -0.4 is 5.43 Å². The van der Waals surface area contributed by atoms with E-state index in [2.05, 4.69) is 10.6 Å². The van der Waals surface area contributed by atoms with E-state index in [0.717, 1.165) is 0 Å². The number of hydrogen-bond donors (Lipinski definition) is 1. The molecule has 1 amide bonds. The molecule has 1 heterocycles. The molecule has 1 fully saturated rings. The molecule has 0 bridgehead atoms. The molecule has 1 unspecified atom stereocenters. The number of benzene rings is 1. The first-order valence-corrected chi connectivity index (χ1v) is 5.82. The van der Waals surface area contributed by atoms with E-state index in [-0.39, 0.29) is 0 Å². The zero-order valence-corrected chi connectivity index (χ0v) is 9.91. The minimum atomic E-state index is -1.01. The van der Waals surface area contributed by atoms with Crippen molar-refractivity contribution in [1.82, 2.24) is 10.4 Å². The number of nitroso groups, excluding NO2 is 1. The lowest BCUT2D eigenvalue weighted by Gasteiger charge is -2.27. The van der Waals surface area contributed by atoms with Crippen molar-refractivity contribution in [1.29, 1.82) is 0 Å². The highest BCUT2D eigenvalue weighted by molar-refractivity contribution is 5.82. The first kappa shape index (κ1) is 12.7. The van der Waals surface area contributed by atoms with Crippen LogP contribution in [-0.2, 0) is 9.53 Å². The number of nitrogens with zero attached hydrogens (tertiary/aromatic N) is 2. The number of carbonyl (C=O) groups excluding carboxylic acids is 1. The Hall–Kier alpha value is -1.79.